The zero-order valence-electron chi connectivity index (χ0n) is 17.2. The predicted molar refractivity (Wildman–Crippen MR) is 115 cm³/mol. The molecule has 2 atom stereocenters. The Morgan fingerprint density at radius 3 is 2.72 bits per heavy atom. The molecule has 11 nitrogen and oxygen atoms in total. The minimum absolute atomic E-state index is 0.0359. The van der Waals surface area contributed by atoms with Gasteiger partial charge in [-0.3, -0.25) is 9.78 Å². The molecule has 1 aliphatic rings. The third kappa shape index (κ3) is 4.39. The van der Waals surface area contributed by atoms with Crippen LogP contribution in [0.25, 0.3) is 5.69 Å². The van der Waals surface area contributed by atoms with Gasteiger partial charge in [-0.05, 0) is 31.9 Å². The number of nitrogens with two attached hydrogens (primary N) is 1. The summed E-state index contributed by atoms with van der Waals surface area (Å²) in [6, 6.07) is 2.24. The number of primary amides is 1. The molecule has 0 radical (unpaired) electrons. The van der Waals surface area contributed by atoms with Crippen LogP contribution >= 0.6 is 0 Å². The van der Waals surface area contributed by atoms with Crippen LogP contribution in [0, 0.1) is 18.2 Å². The van der Waals surface area contributed by atoms with Gasteiger partial charge in [-0.15, -0.1) is 4.80 Å². The molecule has 12 heteroatoms. The summed E-state index contributed by atoms with van der Waals surface area (Å²) in [7, 11) is 0. The van der Waals surface area contributed by atoms with Crippen LogP contribution < -0.4 is 16.4 Å². The van der Waals surface area contributed by atoms with Crippen LogP contribution in [-0.2, 0) is 0 Å². The number of amides is 1. The van der Waals surface area contributed by atoms with Crippen LogP contribution in [0.4, 0.5) is 21.7 Å². The Morgan fingerprint density at radius 2 is 2.03 bits per heavy atom. The molecule has 32 heavy (non-hydrogen) atoms. The van der Waals surface area contributed by atoms with Crippen molar-refractivity contribution >= 4 is 28.9 Å². The van der Waals surface area contributed by atoms with Crippen molar-refractivity contribution in [3.8, 4) is 5.69 Å². The zero-order chi connectivity index (χ0) is 22.8. The van der Waals surface area contributed by atoms with E-state index < -0.39 is 23.9 Å². The van der Waals surface area contributed by atoms with Gasteiger partial charge in [0.1, 0.15) is 11.5 Å². The number of hydrogen-bond acceptors (Lipinski definition) is 9. The molecule has 1 amide bonds. The molecule has 6 N–H and O–H groups in total. The van der Waals surface area contributed by atoms with Gasteiger partial charge >= 0.3 is 0 Å². The lowest BCUT2D eigenvalue weighted by molar-refractivity contribution is 0.100. The summed E-state index contributed by atoms with van der Waals surface area (Å²) in [5.74, 6) is -1.72. The van der Waals surface area contributed by atoms with E-state index in [1.54, 1.807) is 13.0 Å². The second-order valence-electron chi connectivity index (χ2n) is 7.51. The molecule has 1 unspecified atom stereocenters. The number of aryl methyl sites for hydroxylation is 1. The van der Waals surface area contributed by atoms with Crippen LogP contribution in [0.15, 0.2) is 30.7 Å². The third-order valence-electron chi connectivity index (χ3n) is 5.17. The van der Waals surface area contributed by atoms with Gasteiger partial charge < -0.3 is 26.9 Å². The molecule has 0 bridgehead atoms. The van der Waals surface area contributed by atoms with Gasteiger partial charge in [0.2, 0.25) is 0 Å². The molecule has 0 saturated heterocycles. The fourth-order valence-electron chi connectivity index (χ4n) is 3.50. The zero-order valence-corrected chi connectivity index (χ0v) is 17.2. The summed E-state index contributed by atoms with van der Waals surface area (Å²) in [6.45, 7) is 1.80. The number of pyridine rings is 2. The fourth-order valence-corrected chi connectivity index (χ4v) is 3.50. The van der Waals surface area contributed by atoms with E-state index in [4.69, 9.17) is 11.1 Å². The van der Waals surface area contributed by atoms with Gasteiger partial charge in [0.05, 0.1) is 47.7 Å². The summed E-state index contributed by atoms with van der Waals surface area (Å²) in [5.41, 5.74) is 7.30. The number of aliphatic hydroxyl groups excluding tert-OH is 1. The second-order valence-corrected chi connectivity index (χ2v) is 7.51. The first-order chi connectivity index (χ1) is 15.3. The number of aliphatic hydroxyl groups is 1. The van der Waals surface area contributed by atoms with E-state index in [2.05, 4.69) is 30.8 Å². The Labute approximate surface area is 182 Å². The summed E-state index contributed by atoms with van der Waals surface area (Å²) in [4.78, 5) is 21.9. The van der Waals surface area contributed by atoms with E-state index in [0.29, 0.717) is 29.9 Å². The van der Waals surface area contributed by atoms with E-state index in [9.17, 15) is 14.3 Å². The number of halogens is 1. The molecular weight excluding hydrogens is 417 g/mol. The summed E-state index contributed by atoms with van der Waals surface area (Å²) < 4.78 is 14.7. The summed E-state index contributed by atoms with van der Waals surface area (Å²) >= 11 is 0. The molecule has 3 heterocycles. The lowest BCUT2D eigenvalue weighted by atomic mass is 9.91. The highest BCUT2D eigenvalue weighted by atomic mass is 19.1. The van der Waals surface area contributed by atoms with Gasteiger partial charge in [-0.25, -0.2) is 9.37 Å². The molecule has 0 aromatic carbocycles. The van der Waals surface area contributed by atoms with Gasteiger partial charge in [-0.1, -0.05) is 0 Å². The SMILES string of the molecule is Cc1ncc(Nc2nc(NC3CC[C@H](O)CC3=N)c(F)cc2C(N)=O)cc1-n1nccn1. The van der Waals surface area contributed by atoms with Gasteiger partial charge in [0, 0.05) is 12.1 Å². The van der Waals surface area contributed by atoms with Crippen molar-refractivity contribution in [1.82, 2.24) is 25.0 Å². The first-order valence-electron chi connectivity index (χ1n) is 9.94. The normalized spacial score (nSPS) is 18.4. The molecule has 1 fully saturated rings. The van der Waals surface area contributed by atoms with E-state index in [-0.39, 0.29) is 29.3 Å². The predicted octanol–water partition coefficient (Wildman–Crippen LogP) is 1.69. The van der Waals surface area contributed by atoms with Crippen molar-refractivity contribution < 1.29 is 14.3 Å². The van der Waals surface area contributed by atoms with Crippen molar-refractivity contribution in [2.75, 3.05) is 10.6 Å². The van der Waals surface area contributed by atoms with Gasteiger partial charge in [0.25, 0.3) is 5.91 Å². The van der Waals surface area contributed by atoms with Crippen molar-refractivity contribution in [3.05, 3.63) is 47.8 Å². The Balaban J connectivity index is 1.66. The minimum atomic E-state index is -0.854. The Hall–Kier alpha value is -3.93. The number of nitrogens with one attached hydrogen (secondary N) is 3. The maximum absolute atomic E-state index is 14.7. The highest BCUT2D eigenvalue weighted by molar-refractivity contribution is 5.99. The summed E-state index contributed by atoms with van der Waals surface area (Å²) in [6.07, 6.45) is 5.19. The average Bonchev–Trinajstić information content (AvgIpc) is 3.28. The standard InChI is InChI=1S/C20H22FN9O2/c1-10-17(30-25-4-5-26-30)6-11(9-24-10)27-19-13(18(23)32)8-14(21)20(29-19)28-16-3-2-12(31)7-15(16)22/h4-6,8-9,12,16,22,31H,2-3,7H2,1H3,(H2,23,32)(H2,27,28,29)/t12-,16?/m0/s1. The topological polar surface area (TPSA) is 168 Å². The highest BCUT2D eigenvalue weighted by Crippen LogP contribution is 2.27. The second kappa shape index (κ2) is 8.67. The summed E-state index contributed by atoms with van der Waals surface area (Å²) in [5, 5.41) is 31.8. The van der Waals surface area contributed by atoms with Crippen LogP contribution in [0.3, 0.4) is 0 Å². The first kappa shape index (κ1) is 21.3. The maximum atomic E-state index is 14.7. The lowest BCUT2D eigenvalue weighted by Gasteiger charge is -2.28. The molecule has 1 aliphatic carbocycles. The average molecular weight is 439 g/mol. The van der Waals surface area contributed by atoms with E-state index in [1.165, 1.54) is 23.4 Å². The number of nitrogens with zero attached hydrogens (tertiary/aromatic N) is 5. The number of anilines is 3. The monoisotopic (exact) mass is 439 g/mol. The smallest absolute Gasteiger partial charge is 0.252 e. The van der Waals surface area contributed by atoms with E-state index in [1.807, 2.05) is 0 Å². The van der Waals surface area contributed by atoms with Gasteiger partial charge in [0.15, 0.2) is 11.6 Å². The fraction of sp³-hybridized carbons (Fsp3) is 0.300. The molecule has 0 aliphatic heterocycles. The molecule has 1 saturated carbocycles. The molecule has 3 aromatic heterocycles. The number of hydrogen-bond donors (Lipinski definition) is 5. The van der Waals surface area contributed by atoms with Crippen LogP contribution in [-0.4, -0.2) is 53.8 Å². The Morgan fingerprint density at radius 1 is 1.28 bits per heavy atom. The van der Waals surface area contributed by atoms with E-state index in [0.717, 1.165) is 6.07 Å². The minimum Gasteiger partial charge on any atom is -0.393 e. The lowest BCUT2D eigenvalue weighted by Crippen LogP contribution is -2.37. The first-order valence-corrected chi connectivity index (χ1v) is 9.94. The van der Waals surface area contributed by atoms with Crippen LogP contribution in [0.2, 0.25) is 0 Å². The molecule has 4 rings (SSSR count). The molecular formula is C20H22FN9O2. The van der Waals surface area contributed by atoms with Crippen molar-refractivity contribution in [1.29, 1.82) is 5.41 Å². The Bertz CT molecular complexity index is 1170. The number of rotatable bonds is 6. The van der Waals surface area contributed by atoms with Crippen molar-refractivity contribution in [3.63, 3.8) is 0 Å². The Kier molecular flexibility index (Phi) is 5.77. The molecule has 3 aromatic rings. The molecule has 166 valence electrons. The molecule has 0 spiro atoms. The van der Waals surface area contributed by atoms with E-state index >= 15 is 0 Å². The highest BCUT2D eigenvalue weighted by Gasteiger charge is 2.26. The van der Waals surface area contributed by atoms with Crippen molar-refractivity contribution in [2.24, 2.45) is 5.73 Å². The number of carbonyl (C=O) groups is 1. The largest absolute Gasteiger partial charge is 0.393 e. The van der Waals surface area contributed by atoms with Crippen LogP contribution in [0.1, 0.15) is 35.3 Å². The van der Waals surface area contributed by atoms with Gasteiger partial charge in [-0.2, -0.15) is 10.2 Å². The third-order valence-corrected chi connectivity index (χ3v) is 5.17. The maximum Gasteiger partial charge on any atom is 0.252 e. The number of carbonyl (C=O) groups excluding carboxylic acids is 1. The quantitative estimate of drug-likeness (QED) is 0.387. The van der Waals surface area contributed by atoms with Crippen molar-refractivity contribution in [2.45, 2.75) is 38.3 Å². The number of aromatic nitrogens is 5. The van der Waals surface area contributed by atoms with Crippen LogP contribution in [0.5, 0.6) is 0 Å².